The standard InChI is InChI=1S/C20H23N5O3/c1-4-6-11-22-18(26)14-7-9-15(10-8-14)23-24-17-13(3)16(12-21)19(27)25(5-2)20(17)28/h7-10,27H,4-6,11H2,1-3H3,(H,22,26). The van der Waals surface area contributed by atoms with Gasteiger partial charge in [0.05, 0.1) is 5.69 Å². The number of rotatable bonds is 7. The van der Waals surface area contributed by atoms with Crippen LogP contribution >= 0.6 is 0 Å². The van der Waals surface area contributed by atoms with Crippen molar-refractivity contribution in [2.24, 2.45) is 10.2 Å². The fourth-order valence-corrected chi connectivity index (χ4v) is 2.62. The third-order valence-electron chi connectivity index (χ3n) is 4.30. The van der Waals surface area contributed by atoms with Crippen LogP contribution in [0.2, 0.25) is 0 Å². The summed E-state index contributed by atoms with van der Waals surface area (Å²) in [4.78, 5) is 24.5. The lowest BCUT2D eigenvalue weighted by molar-refractivity contribution is 0.0953. The lowest BCUT2D eigenvalue weighted by Crippen LogP contribution is -2.24. The van der Waals surface area contributed by atoms with E-state index in [1.54, 1.807) is 31.2 Å². The molecule has 2 N–H and O–H groups in total. The number of aromatic hydroxyl groups is 1. The Kier molecular flexibility index (Phi) is 7.04. The van der Waals surface area contributed by atoms with E-state index in [4.69, 9.17) is 0 Å². The Bertz CT molecular complexity index is 985. The second-order valence-corrected chi connectivity index (χ2v) is 6.19. The van der Waals surface area contributed by atoms with Crippen molar-refractivity contribution in [1.82, 2.24) is 9.88 Å². The molecule has 0 saturated heterocycles. The average Bonchev–Trinajstić information content (AvgIpc) is 2.69. The lowest BCUT2D eigenvalue weighted by Gasteiger charge is -2.10. The summed E-state index contributed by atoms with van der Waals surface area (Å²) in [5.74, 6) is -0.527. The molecule has 0 bridgehead atoms. The quantitative estimate of drug-likeness (QED) is 0.561. The number of pyridine rings is 1. The maximum Gasteiger partial charge on any atom is 0.281 e. The fraction of sp³-hybridized carbons (Fsp3) is 0.350. The third kappa shape index (κ3) is 4.43. The summed E-state index contributed by atoms with van der Waals surface area (Å²) >= 11 is 0. The van der Waals surface area contributed by atoms with Crippen molar-refractivity contribution in [3.05, 3.63) is 51.3 Å². The number of hydrogen-bond donors (Lipinski definition) is 2. The topological polar surface area (TPSA) is 120 Å². The molecular formula is C20H23N5O3. The molecular weight excluding hydrogens is 358 g/mol. The number of amides is 1. The van der Waals surface area contributed by atoms with Gasteiger partial charge in [-0.3, -0.25) is 14.2 Å². The highest BCUT2D eigenvalue weighted by Crippen LogP contribution is 2.26. The molecule has 0 fully saturated rings. The number of unbranched alkanes of at least 4 members (excludes halogenated alkanes) is 1. The van der Waals surface area contributed by atoms with Crippen molar-refractivity contribution in [2.45, 2.75) is 40.2 Å². The van der Waals surface area contributed by atoms with Crippen LogP contribution in [-0.2, 0) is 6.54 Å². The molecule has 28 heavy (non-hydrogen) atoms. The minimum Gasteiger partial charge on any atom is -0.493 e. The molecule has 0 unspecified atom stereocenters. The summed E-state index contributed by atoms with van der Waals surface area (Å²) in [6.07, 6.45) is 1.92. The highest BCUT2D eigenvalue weighted by Gasteiger charge is 2.18. The van der Waals surface area contributed by atoms with Gasteiger partial charge in [-0.05, 0) is 44.5 Å². The Labute approximate surface area is 163 Å². The molecule has 146 valence electrons. The number of azo groups is 1. The minimum absolute atomic E-state index is 0.00224. The van der Waals surface area contributed by atoms with Gasteiger partial charge in [-0.1, -0.05) is 13.3 Å². The molecule has 1 aromatic carbocycles. The summed E-state index contributed by atoms with van der Waals surface area (Å²) in [6, 6.07) is 8.39. The molecule has 1 aromatic heterocycles. The molecule has 0 radical (unpaired) electrons. The predicted molar refractivity (Wildman–Crippen MR) is 105 cm³/mol. The van der Waals surface area contributed by atoms with Crippen molar-refractivity contribution in [2.75, 3.05) is 6.54 Å². The molecule has 1 heterocycles. The normalized spacial score (nSPS) is 10.8. The Morgan fingerprint density at radius 1 is 1.25 bits per heavy atom. The third-order valence-corrected chi connectivity index (χ3v) is 4.30. The van der Waals surface area contributed by atoms with Crippen LogP contribution in [0.25, 0.3) is 0 Å². The molecule has 0 aliphatic heterocycles. The number of carbonyl (C=O) groups is 1. The van der Waals surface area contributed by atoms with E-state index >= 15 is 0 Å². The van der Waals surface area contributed by atoms with Crippen molar-refractivity contribution in [1.29, 1.82) is 5.26 Å². The highest BCUT2D eigenvalue weighted by atomic mass is 16.3. The van der Waals surface area contributed by atoms with E-state index < -0.39 is 5.56 Å². The predicted octanol–water partition coefficient (Wildman–Crippen LogP) is 3.70. The van der Waals surface area contributed by atoms with Gasteiger partial charge in [0.25, 0.3) is 11.5 Å². The SMILES string of the molecule is CCCCNC(=O)c1ccc(N=Nc2c(C)c(C#N)c(O)n(CC)c2=O)cc1. The molecule has 0 saturated carbocycles. The van der Waals surface area contributed by atoms with Gasteiger partial charge in [0.15, 0.2) is 5.69 Å². The zero-order valence-corrected chi connectivity index (χ0v) is 16.2. The smallest absolute Gasteiger partial charge is 0.281 e. The van der Waals surface area contributed by atoms with Crippen LogP contribution in [0.1, 0.15) is 48.2 Å². The largest absolute Gasteiger partial charge is 0.493 e. The van der Waals surface area contributed by atoms with Crippen LogP contribution in [0, 0.1) is 18.3 Å². The summed E-state index contributed by atoms with van der Waals surface area (Å²) < 4.78 is 1.07. The van der Waals surface area contributed by atoms with Gasteiger partial charge < -0.3 is 10.4 Å². The summed E-state index contributed by atoms with van der Waals surface area (Å²) in [5.41, 5.74) is 0.708. The van der Waals surface area contributed by atoms with E-state index in [9.17, 15) is 20.0 Å². The number of benzene rings is 1. The van der Waals surface area contributed by atoms with Gasteiger partial charge in [0, 0.05) is 24.2 Å². The number of nitrogens with zero attached hydrogens (tertiary/aromatic N) is 4. The van der Waals surface area contributed by atoms with E-state index in [-0.39, 0.29) is 35.1 Å². The first kappa shape index (κ1) is 20.8. The number of aromatic nitrogens is 1. The van der Waals surface area contributed by atoms with Crippen molar-refractivity contribution in [3.63, 3.8) is 0 Å². The van der Waals surface area contributed by atoms with E-state index in [0.29, 0.717) is 17.8 Å². The van der Waals surface area contributed by atoms with Crippen LogP contribution in [-0.4, -0.2) is 22.1 Å². The molecule has 0 aliphatic rings. The fourth-order valence-electron chi connectivity index (χ4n) is 2.62. The Hall–Kier alpha value is -3.47. The van der Waals surface area contributed by atoms with Crippen molar-refractivity contribution in [3.8, 4) is 11.9 Å². The Morgan fingerprint density at radius 3 is 2.50 bits per heavy atom. The molecule has 0 spiro atoms. The first-order valence-corrected chi connectivity index (χ1v) is 9.11. The molecule has 8 heteroatoms. The maximum absolute atomic E-state index is 12.5. The van der Waals surface area contributed by atoms with Crippen LogP contribution < -0.4 is 10.9 Å². The van der Waals surface area contributed by atoms with Crippen molar-refractivity contribution >= 4 is 17.3 Å². The average molecular weight is 381 g/mol. The second-order valence-electron chi connectivity index (χ2n) is 6.19. The van der Waals surface area contributed by atoms with Crippen LogP contribution in [0.3, 0.4) is 0 Å². The monoisotopic (exact) mass is 381 g/mol. The van der Waals surface area contributed by atoms with E-state index in [2.05, 4.69) is 22.5 Å². The highest BCUT2D eigenvalue weighted by molar-refractivity contribution is 5.94. The number of nitrogens with one attached hydrogen (secondary N) is 1. The van der Waals surface area contributed by atoms with E-state index in [1.165, 1.54) is 6.92 Å². The van der Waals surface area contributed by atoms with Gasteiger partial charge in [0.1, 0.15) is 11.6 Å². The van der Waals surface area contributed by atoms with Crippen LogP contribution in [0.4, 0.5) is 11.4 Å². The number of carbonyl (C=O) groups excluding carboxylic acids is 1. The summed E-state index contributed by atoms with van der Waals surface area (Å²) in [6.45, 7) is 6.10. The molecule has 8 nitrogen and oxygen atoms in total. The van der Waals surface area contributed by atoms with E-state index in [0.717, 1.165) is 17.4 Å². The zero-order chi connectivity index (χ0) is 20.7. The molecule has 2 aromatic rings. The van der Waals surface area contributed by atoms with Gasteiger partial charge in [-0.2, -0.15) is 10.4 Å². The molecule has 0 atom stereocenters. The number of hydrogen-bond acceptors (Lipinski definition) is 6. The van der Waals surface area contributed by atoms with Gasteiger partial charge in [0.2, 0.25) is 5.88 Å². The van der Waals surface area contributed by atoms with Crippen LogP contribution in [0.5, 0.6) is 5.88 Å². The van der Waals surface area contributed by atoms with Gasteiger partial charge >= 0.3 is 0 Å². The first-order chi connectivity index (χ1) is 13.4. The molecule has 1 amide bonds. The zero-order valence-electron chi connectivity index (χ0n) is 16.2. The Balaban J connectivity index is 2.28. The molecule has 2 rings (SSSR count). The summed E-state index contributed by atoms with van der Waals surface area (Å²) in [7, 11) is 0. The van der Waals surface area contributed by atoms with E-state index in [1.807, 2.05) is 6.07 Å². The Morgan fingerprint density at radius 2 is 1.93 bits per heavy atom. The summed E-state index contributed by atoms with van der Waals surface area (Å²) in [5, 5.41) is 30.2. The second kappa shape index (κ2) is 9.46. The van der Waals surface area contributed by atoms with Crippen LogP contribution in [0.15, 0.2) is 39.3 Å². The minimum atomic E-state index is -0.521. The van der Waals surface area contributed by atoms with Gasteiger partial charge in [-0.25, -0.2) is 0 Å². The molecule has 0 aliphatic carbocycles. The van der Waals surface area contributed by atoms with Crippen molar-refractivity contribution < 1.29 is 9.90 Å². The lowest BCUT2D eigenvalue weighted by atomic mass is 10.1. The van der Waals surface area contributed by atoms with Gasteiger partial charge in [-0.15, -0.1) is 5.11 Å². The first-order valence-electron chi connectivity index (χ1n) is 9.11. The maximum atomic E-state index is 12.5. The number of nitriles is 1.